The zero-order valence-electron chi connectivity index (χ0n) is 14.8. The molecule has 1 heterocycles. The van der Waals surface area contributed by atoms with E-state index in [4.69, 9.17) is 5.73 Å². The van der Waals surface area contributed by atoms with Crippen LogP contribution in [0.15, 0.2) is 30.3 Å². The minimum absolute atomic E-state index is 0. The normalized spacial score (nSPS) is 22.2. The SMILES string of the molecule is Cl.Cl.NC1CCC(C(=O)NCC(=O)N2CCN(c3ccccc3)CC2)C1. The van der Waals surface area contributed by atoms with Crippen LogP contribution in [0.4, 0.5) is 5.69 Å². The molecule has 0 bridgehead atoms. The largest absolute Gasteiger partial charge is 0.368 e. The molecule has 1 aromatic carbocycles. The van der Waals surface area contributed by atoms with E-state index in [1.165, 1.54) is 5.69 Å². The Morgan fingerprint density at radius 2 is 1.69 bits per heavy atom. The molecule has 8 heteroatoms. The number of carbonyl (C=O) groups is 2. The topological polar surface area (TPSA) is 78.7 Å². The Hall–Kier alpha value is -1.50. The van der Waals surface area contributed by atoms with Crippen molar-refractivity contribution in [2.75, 3.05) is 37.6 Å². The summed E-state index contributed by atoms with van der Waals surface area (Å²) in [5, 5.41) is 2.79. The summed E-state index contributed by atoms with van der Waals surface area (Å²) in [5.41, 5.74) is 7.03. The van der Waals surface area contributed by atoms with Crippen molar-refractivity contribution < 1.29 is 9.59 Å². The van der Waals surface area contributed by atoms with Crippen molar-refractivity contribution in [2.45, 2.75) is 25.3 Å². The van der Waals surface area contributed by atoms with Crippen molar-refractivity contribution in [3.63, 3.8) is 0 Å². The summed E-state index contributed by atoms with van der Waals surface area (Å²) in [6.45, 7) is 3.12. The zero-order chi connectivity index (χ0) is 16.9. The highest BCUT2D eigenvalue weighted by atomic mass is 35.5. The summed E-state index contributed by atoms with van der Waals surface area (Å²) in [5.74, 6) is -0.0553. The van der Waals surface area contributed by atoms with Crippen molar-refractivity contribution in [1.82, 2.24) is 10.2 Å². The van der Waals surface area contributed by atoms with E-state index in [1.807, 2.05) is 23.1 Å². The van der Waals surface area contributed by atoms with E-state index in [0.29, 0.717) is 13.1 Å². The second kappa shape index (κ2) is 10.6. The lowest BCUT2D eigenvalue weighted by atomic mass is 10.1. The average Bonchev–Trinajstić information content (AvgIpc) is 3.07. The second-order valence-corrected chi connectivity index (χ2v) is 6.69. The molecule has 1 aliphatic carbocycles. The van der Waals surface area contributed by atoms with Gasteiger partial charge in [-0.15, -0.1) is 24.8 Å². The molecular formula is C18H28Cl2N4O2. The highest BCUT2D eigenvalue weighted by Crippen LogP contribution is 2.24. The van der Waals surface area contributed by atoms with E-state index in [9.17, 15) is 9.59 Å². The maximum Gasteiger partial charge on any atom is 0.242 e. The number of piperazine rings is 1. The van der Waals surface area contributed by atoms with E-state index in [1.54, 1.807) is 0 Å². The molecule has 26 heavy (non-hydrogen) atoms. The number of hydrogen-bond donors (Lipinski definition) is 2. The van der Waals surface area contributed by atoms with Gasteiger partial charge in [0.1, 0.15) is 0 Å². The molecule has 146 valence electrons. The molecule has 3 N–H and O–H groups in total. The van der Waals surface area contributed by atoms with Crippen molar-refractivity contribution in [2.24, 2.45) is 11.7 Å². The molecule has 2 fully saturated rings. The number of anilines is 1. The van der Waals surface area contributed by atoms with Crippen LogP contribution in [0.25, 0.3) is 0 Å². The Labute approximate surface area is 167 Å². The number of benzene rings is 1. The van der Waals surface area contributed by atoms with E-state index in [2.05, 4.69) is 22.3 Å². The van der Waals surface area contributed by atoms with Crippen molar-refractivity contribution in [3.05, 3.63) is 30.3 Å². The fraction of sp³-hybridized carbons (Fsp3) is 0.556. The van der Waals surface area contributed by atoms with Crippen LogP contribution in [0.1, 0.15) is 19.3 Å². The Morgan fingerprint density at radius 3 is 2.27 bits per heavy atom. The quantitative estimate of drug-likeness (QED) is 0.797. The summed E-state index contributed by atoms with van der Waals surface area (Å²) < 4.78 is 0. The molecule has 0 aromatic heterocycles. The third-order valence-corrected chi connectivity index (χ3v) is 5.01. The molecule has 1 aromatic rings. The van der Waals surface area contributed by atoms with Gasteiger partial charge < -0.3 is 20.9 Å². The van der Waals surface area contributed by atoms with Gasteiger partial charge in [-0.1, -0.05) is 18.2 Å². The molecule has 2 amide bonds. The van der Waals surface area contributed by atoms with Gasteiger partial charge in [0.05, 0.1) is 6.54 Å². The molecule has 2 unspecified atom stereocenters. The third kappa shape index (κ3) is 5.76. The number of para-hydroxylation sites is 1. The standard InChI is InChI=1S/C18H26N4O2.2ClH/c19-15-7-6-14(12-15)18(24)20-13-17(23)22-10-8-21(9-11-22)16-4-2-1-3-5-16;;/h1-5,14-15H,6-13,19H2,(H,20,24);2*1H. The molecule has 0 radical (unpaired) electrons. The number of amides is 2. The van der Waals surface area contributed by atoms with Gasteiger partial charge in [0, 0.05) is 43.8 Å². The highest BCUT2D eigenvalue weighted by Gasteiger charge is 2.28. The molecule has 1 aliphatic heterocycles. The zero-order valence-corrected chi connectivity index (χ0v) is 16.4. The van der Waals surface area contributed by atoms with E-state index >= 15 is 0 Å². The van der Waals surface area contributed by atoms with Crippen LogP contribution < -0.4 is 16.0 Å². The van der Waals surface area contributed by atoms with Crippen LogP contribution in [-0.4, -0.2) is 55.5 Å². The monoisotopic (exact) mass is 402 g/mol. The Kier molecular flexibility index (Phi) is 9.19. The third-order valence-electron chi connectivity index (χ3n) is 5.01. The van der Waals surface area contributed by atoms with Gasteiger partial charge in [0.15, 0.2) is 0 Å². The molecule has 1 saturated carbocycles. The van der Waals surface area contributed by atoms with Gasteiger partial charge in [-0.2, -0.15) is 0 Å². The fourth-order valence-corrected chi connectivity index (χ4v) is 3.53. The number of nitrogens with two attached hydrogens (primary N) is 1. The van der Waals surface area contributed by atoms with E-state index < -0.39 is 0 Å². The lowest BCUT2D eigenvalue weighted by molar-refractivity contribution is -0.134. The molecular weight excluding hydrogens is 375 g/mol. The minimum Gasteiger partial charge on any atom is -0.368 e. The molecule has 2 atom stereocenters. The number of halogens is 2. The molecule has 3 rings (SSSR count). The first-order valence-electron chi connectivity index (χ1n) is 8.74. The maximum absolute atomic E-state index is 12.3. The summed E-state index contributed by atoms with van der Waals surface area (Å²) in [6, 6.07) is 10.4. The van der Waals surface area contributed by atoms with E-state index in [-0.39, 0.29) is 55.1 Å². The highest BCUT2D eigenvalue weighted by molar-refractivity contribution is 5.86. The van der Waals surface area contributed by atoms with Crippen LogP contribution in [0.2, 0.25) is 0 Å². The first-order valence-corrected chi connectivity index (χ1v) is 8.74. The summed E-state index contributed by atoms with van der Waals surface area (Å²) in [7, 11) is 0. The molecule has 6 nitrogen and oxygen atoms in total. The Bertz CT molecular complexity index is 580. The minimum atomic E-state index is -0.0285. The Balaban J connectivity index is 0.00000169. The predicted octanol–water partition coefficient (Wildman–Crippen LogP) is 1.42. The summed E-state index contributed by atoms with van der Waals surface area (Å²) in [6.07, 6.45) is 2.46. The number of hydrogen-bond acceptors (Lipinski definition) is 4. The fourth-order valence-electron chi connectivity index (χ4n) is 3.53. The molecule has 1 saturated heterocycles. The summed E-state index contributed by atoms with van der Waals surface area (Å²) >= 11 is 0. The smallest absolute Gasteiger partial charge is 0.242 e. The van der Waals surface area contributed by atoms with E-state index in [0.717, 1.165) is 32.4 Å². The van der Waals surface area contributed by atoms with Crippen LogP contribution in [0.3, 0.4) is 0 Å². The van der Waals surface area contributed by atoms with Gasteiger partial charge in [-0.05, 0) is 31.4 Å². The number of nitrogens with one attached hydrogen (secondary N) is 1. The van der Waals surface area contributed by atoms with Crippen molar-refractivity contribution in [1.29, 1.82) is 0 Å². The predicted molar refractivity (Wildman–Crippen MR) is 108 cm³/mol. The van der Waals surface area contributed by atoms with Gasteiger partial charge >= 0.3 is 0 Å². The van der Waals surface area contributed by atoms with Crippen LogP contribution in [-0.2, 0) is 9.59 Å². The van der Waals surface area contributed by atoms with Gasteiger partial charge in [-0.3, -0.25) is 9.59 Å². The first kappa shape index (κ1) is 22.5. The lowest BCUT2D eigenvalue weighted by Gasteiger charge is -2.36. The van der Waals surface area contributed by atoms with Gasteiger partial charge in [0.25, 0.3) is 0 Å². The lowest BCUT2D eigenvalue weighted by Crippen LogP contribution is -2.51. The number of carbonyl (C=O) groups excluding carboxylic acids is 2. The number of rotatable bonds is 4. The molecule has 2 aliphatic rings. The summed E-state index contributed by atoms with van der Waals surface area (Å²) in [4.78, 5) is 28.5. The van der Waals surface area contributed by atoms with Crippen molar-refractivity contribution >= 4 is 42.3 Å². The maximum atomic E-state index is 12.3. The Morgan fingerprint density at radius 1 is 1.04 bits per heavy atom. The van der Waals surface area contributed by atoms with Gasteiger partial charge in [0.2, 0.25) is 11.8 Å². The van der Waals surface area contributed by atoms with Crippen molar-refractivity contribution in [3.8, 4) is 0 Å². The number of nitrogens with zero attached hydrogens (tertiary/aromatic N) is 2. The average molecular weight is 403 g/mol. The molecule has 0 spiro atoms. The van der Waals surface area contributed by atoms with Crippen LogP contribution in [0, 0.1) is 5.92 Å². The second-order valence-electron chi connectivity index (χ2n) is 6.69. The van der Waals surface area contributed by atoms with Crippen LogP contribution in [0.5, 0.6) is 0 Å². The van der Waals surface area contributed by atoms with Gasteiger partial charge in [-0.25, -0.2) is 0 Å². The first-order chi connectivity index (χ1) is 11.6. The van der Waals surface area contributed by atoms with Crippen LogP contribution >= 0.6 is 24.8 Å².